The van der Waals surface area contributed by atoms with Gasteiger partial charge in [-0.05, 0) is 53.8 Å². The van der Waals surface area contributed by atoms with Gasteiger partial charge in [-0.2, -0.15) is 11.8 Å². The second kappa shape index (κ2) is 10.4. The molecule has 0 aliphatic carbocycles. The fraction of sp³-hybridized carbons (Fsp3) is 0.364. The van der Waals surface area contributed by atoms with Gasteiger partial charge in [0.15, 0.2) is 12.3 Å². The number of aryl methyl sites for hydroxylation is 1. The van der Waals surface area contributed by atoms with Crippen LogP contribution in [-0.4, -0.2) is 54.1 Å². The largest absolute Gasteiger partial charge is 0.443 e. The predicted molar refractivity (Wildman–Crippen MR) is 125 cm³/mol. The van der Waals surface area contributed by atoms with Crippen molar-refractivity contribution in [1.29, 1.82) is 0 Å². The number of nitrogens with one attached hydrogen (secondary N) is 1. The molecule has 0 radical (unpaired) electrons. The maximum absolute atomic E-state index is 12.4. The van der Waals surface area contributed by atoms with Crippen molar-refractivity contribution < 1.29 is 14.4 Å². The summed E-state index contributed by atoms with van der Waals surface area (Å²) in [6, 6.07) is 14.8. The van der Waals surface area contributed by atoms with Crippen LogP contribution >= 0.6 is 11.8 Å². The fourth-order valence-corrected chi connectivity index (χ4v) is 4.66. The lowest BCUT2D eigenvalue weighted by molar-refractivity contribution is 0.0279. The lowest BCUT2D eigenvalue weighted by Gasteiger charge is -2.32. The van der Waals surface area contributed by atoms with Gasteiger partial charge in [0.2, 0.25) is 5.82 Å². The minimum absolute atomic E-state index is 0.0983. The van der Waals surface area contributed by atoms with Crippen LogP contribution in [0.15, 0.2) is 53.7 Å². The zero-order valence-corrected chi connectivity index (χ0v) is 19.3. The highest BCUT2D eigenvalue weighted by Crippen LogP contribution is 2.30. The molecule has 10 nitrogen and oxygen atoms in total. The molecule has 0 saturated carbocycles. The summed E-state index contributed by atoms with van der Waals surface area (Å²) in [5, 5.41) is 18.6. The Balaban J connectivity index is 1.41. The van der Waals surface area contributed by atoms with Gasteiger partial charge in [-0.1, -0.05) is 41.6 Å². The average Bonchev–Trinajstić information content (AvgIpc) is 3.23. The van der Waals surface area contributed by atoms with E-state index in [9.17, 15) is 4.79 Å². The van der Waals surface area contributed by atoms with E-state index in [1.165, 1.54) is 4.68 Å². The molecule has 1 amide bonds. The molecule has 3 heterocycles. The SMILES string of the molecule is Cn1nnnc1C(=NOCc1cccc(NC(=O)OC2(C)CCSCC2)n1)c1ccccc1. The predicted octanol–water partition coefficient (Wildman–Crippen LogP) is 3.41. The highest BCUT2D eigenvalue weighted by molar-refractivity contribution is 7.99. The lowest BCUT2D eigenvalue weighted by atomic mass is 10.00. The summed E-state index contributed by atoms with van der Waals surface area (Å²) in [6.07, 6.45) is 1.18. The van der Waals surface area contributed by atoms with Gasteiger partial charge in [0.25, 0.3) is 0 Å². The average molecular weight is 468 g/mol. The maximum atomic E-state index is 12.4. The van der Waals surface area contributed by atoms with Gasteiger partial charge in [0, 0.05) is 12.6 Å². The second-order valence-electron chi connectivity index (χ2n) is 7.80. The van der Waals surface area contributed by atoms with Gasteiger partial charge >= 0.3 is 6.09 Å². The number of aromatic nitrogens is 5. The van der Waals surface area contributed by atoms with Crippen LogP contribution in [0.4, 0.5) is 10.6 Å². The van der Waals surface area contributed by atoms with Crippen LogP contribution in [0.1, 0.15) is 36.8 Å². The highest BCUT2D eigenvalue weighted by atomic mass is 32.2. The summed E-state index contributed by atoms with van der Waals surface area (Å²) in [4.78, 5) is 22.4. The molecule has 0 atom stereocenters. The van der Waals surface area contributed by atoms with Gasteiger partial charge in [-0.3, -0.25) is 5.32 Å². The first-order valence-electron chi connectivity index (χ1n) is 10.5. The van der Waals surface area contributed by atoms with E-state index in [2.05, 4.69) is 31.0 Å². The van der Waals surface area contributed by atoms with Crippen LogP contribution in [0.5, 0.6) is 0 Å². The van der Waals surface area contributed by atoms with Crippen molar-refractivity contribution in [2.75, 3.05) is 16.8 Å². The Hall–Kier alpha value is -3.47. The Kier molecular flexibility index (Phi) is 7.18. The Morgan fingerprint density at radius 1 is 1.18 bits per heavy atom. The van der Waals surface area contributed by atoms with Gasteiger partial charge in [-0.15, -0.1) is 5.10 Å². The second-order valence-corrected chi connectivity index (χ2v) is 9.02. The van der Waals surface area contributed by atoms with Crippen molar-refractivity contribution in [1.82, 2.24) is 25.2 Å². The topological polar surface area (TPSA) is 116 Å². The van der Waals surface area contributed by atoms with Gasteiger partial charge in [0.1, 0.15) is 11.4 Å². The normalized spacial score (nSPS) is 15.6. The minimum atomic E-state index is -0.505. The van der Waals surface area contributed by atoms with E-state index in [-0.39, 0.29) is 6.61 Å². The molecule has 4 rings (SSSR count). The number of hydrogen-bond acceptors (Lipinski definition) is 9. The molecular formula is C22H25N7O3S. The van der Waals surface area contributed by atoms with Crippen molar-refractivity contribution in [2.24, 2.45) is 12.2 Å². The quantitative estimate of drug-likeness (QED) is 0.415. The van der Waals surface area contributed by atoms with E-state index in [0.29, 0.717) is 23.0 Å². The maximum Gasteiger partial charge on any atom is 0.413 e. The van der Waals surface area contributed by atoms with Crippen LogP contribution in [0, 0.1) is 0 Å². The third-order valence-electron chi connectivity index (χ3n) is 5.17. The van der Waals surface area contributed by atoms with Crippen LogP contribution in [-0.2, 0) is 23.2 Å². The molecule has 3 aromatic rings. The molecule has 1 aliphatic heterocycles. The summed E-state index contributed by atoms with van der Waals surface area (Å²) >= 11 is 1.88. The number of pyridine rings is 1. The summed E-state index contributed by atoms with van der Waals surface area (Å²) in [5.41, 5.74) is 1.48. The number of amides is 1. The van der Waals surface area contributed by atoms with E-state index < -0.39 is 11.7 Å². The van der Waals surface area contributed by atoms with Crippen molar-refractivity contribution in [3.63, 3.8) is 0 Å². The monoisotopic (exact) mass is 467 g/mol. The molecule has 1 N–H and O–H groups in total. The summed E-state index contributed by atoms with van der Waals surface area (Å²) in [5.74, 6) is 2.84. The van der Waals surface area contributed by atoms with Gasteiger partial charge in [0.05, 0.1) is 5.69 Å². The standard InChI is InChI=1S/C22H25N7O3S/c1-22(11-13-33-14-12-22)32-21(30)24-18-10-6-9-17(23-18)15-31-26-19(16-7-4-3-5-8-16)20-25-27-28-29(20)2/h3-10H,11-15H2,1-2H3,(H,23,24,30). The summed E-state index contributed by atoms with van der Waals surface area (Å²) in [7, 11) is 1.73. The van der Waals surface area contributed by atoms with Crippen LogP contribution in [0.25, 0.3) is 0 Å². The van der Waals surface area contributed by atoms with Crippen LogP contribution in [0.2, 0.25) is 0 Å². The molecule has 1 aliphatic rings. The molecular weight excluding hydrogens is 442 g/mol. The molecule has 33 heavy (non-hydrogen) atoms. The number of nitrogens with zero attached hydrogens (tertiary/aromatic N) is 6. The third kappa shape index (κ3) is 6.07. The number of tetrazole rings is 1. The zero-order chi connectivity index (χ0) is 23.1. The van der Waals surface area contributed by atoms with Crippen LogP contribution in [0.3, 0.4) is 0 Å². The Bertz CT molecular complexity index is 1110. The number of thioether (sulfide) groups is 1. The van der Waals surface area contributed by atoms with E-state index >= 15 is 0 Å². The summed E-state index contributed by atoms with van der Waals surface area (Å²) < 4.78 is 7.18. The number of ether oxygens (including phenoxy) is 1. The molecule has 1 fully saturated rings. The van der Waals surface area contributed by atoms with Gasteiger partial charge in [-0.25, -0.2) is 14.5 Å². The summed E-state index contributed by atoms with van der Waals surface area (Å²) in [6.45, 7) is 2.07. The molecule has 1 aromatic carbocycles. The van der Waals surface area contributed by atoms with E-state index in [1.54, 1.807) is 25.2 Å². The smallest absolute Gasteiger partial charge is 0.413 e. The number of oxime groups is 1. The Labute approximate surface area is 195 Å². The first-order valence-corrected chi connectivity index (χ1v) is 11.7. The van der Waals surface area contributed by atoms with Crippen molar-refractivity contribution in [2.45, 2.75) is 32.0 Å². The molecule has 1 saturated heterocycles. The number of benzene rings is 1. The zero-order valence-electron chi connectivity index (χ0n) is 18.5. The van der Waals surface area contributed by atoms with E-state index in [1.807, 2.05) is 49.0 Å². The number of carbonyl (C=O) groups is 1. The molecule has 11 heteroatoms. The van der Waals surface area contributed by atoms with Gasteiger partial charge < -0.3 is 9.57 Å². The molecule has 0 unspecified atom stereocenters. The minimum Gasteiger partial charge on any atom is -0.443 e. The molecule has 172 valence electrons. The number of hydrogen-bond donors (Lipinski definition) is 1. The number of anilines is 1. The highest BCUT2D eigenvalue weighted by Gasteiger charge is 2.31. The van der Waals surface area contributed by atoms with E-state index in [0.717, 1.165) is 29.9 Å². The molecule has 0 spiro atoms. The Morgan fingerprint density at radius 3 is 2.70 bits per heavy atom. The third-order valence-corrected chi connectivity index (χ3v) is 6.16. The van der Waals surface area contributed by atoms with Crippen molar-refractivity contribution in [3.8, 4) is 0 Å². The first kappa shape index (κ1) is 22.7. The number of rotatable bonds is 7. The van der Waals surface area contributed by atoms with Crippen molar-refractivity contribution >= 4 is 29.4 Å². The molecule has 0 bridgehead atoms. The van der Waals surface area contributed by atoms with Crippen molar-refractivity contribution in [3.05, 3.63) is 65.6 Å². The van der Waals surface area contributed by atoms with Crippen LogP contribution < -0.4 is 5.32 Å². The Morgan fingerprint density at radius 2 is 1.97 bits per heavy atom. The first-order chi connectivity index (χ1) is 16.0. The molecule has 2 aromatic heterocycles. The van der Waals surface area contributed by atoms with E-state index in [4.69, 9.17) is 9.57 Å². The number of carbonyl (C=O) groups excluding carboxylic acids is 1. The lowest BCUT2D eigenvalue weighted by Crippen LogP contribution is -2.37. The fourth-order valence-electron chi connectivity index (χ4n) is 3.30.